The van der Waals surface area contributed by atoms with Crippen molar-refractivity contribution in [2.45, 2.75) is 84.7 Å². The molecule has 1 fully saturated rings. The highest BCUT2D eigenvalue weighted by atomic mass is 16.7. The van der Waals surface area contributed by atoms with Crippen LogP contribution in [-0.4, -0.2) is 54.0 Å². The van der Waals surface area contributed by atoms with Gasteiger partial charge in [-0.2, -0.15) is 0 Å². The first-order valence-electron chi connectivity index (χ1n) is 11.5. The molecule has 2 rings (SSSR count). The van der Waals surface area contributed by atoms with E-state index in [9.17, 15) is 9.59 Å². The van der Waals surface area contributed by atoms with E-state index in [1.54, 1.807) is 0 Å². The Kier molecular flexibility index (Phi) is 9.15. The minimum Gasteiger partial charge on any atom is -0.460 e. The maximum absolute atomic E-state index is 12.7. The SMILES string of the molecule is CC(C)(C)OC(=O)CCN(CC/C=C/B1OC(C)(C)C(C)(C)O1)C(=O)OCc1ccccc1. The molecule has 0 atom stereocenters. The molecule has 182 valence electrons. The van der Waals surface area contributed by atoms with E-state index in [2.05, 4.69) is 0 Å². The second-order valence-electron chi connectivity index (χ2n) is 10.2. The molecule has 1 aliphatic rings. The summed E-state index contributed by atoms with van der Waals surface area (Å²) in [6.07, 6.45) is 2.12. The summed E-state index contributed by atoms with van der Waals surface area (Å²) in [5.41, 5.74) is -0.467. The van der Waals surface area contributed by atoms with E-state index in [-0.39, 0.29) is 25.5 Å². The van der Waals surface area contributed by atoms with Gasteiger partial charge in [0.25, 0.3) is 0 Å². The van der Waals surface area contributed by atoms with Gasteiger partial charge in [0, 0.05) is 13.1 Å². The lowest BCUT2D eigenvalue weighted by molar-refractivity contribution is -0.155. The van der Waals surface area contributed by atoms with Crippen LogP contribution in [0.4, 0.5) is 4.79 Å². The van der Waals surface area contributed by atoms with Crippen LogP contribution >= 0.6 is 0 Å². The Morgan fingerprint density at radius 2 is 1.64 bits per heavy atom. The van der Waals surface area contributed by atoms with Gasteiger partial charge in [0.2, 0.25) is 0 Å². The van der Waals surface area contributed by atoms with E-state index in [0.29, 0.717) is 13.0 Å². The number of carbonyl (C=O) groups is 2. The minimum absolute atomic E-state index is 0.0959. The molecule has 1 amide bonds. The number of esters is 1. The number of benzene rings is 1. The molecule has 1 heterocycles. The van der Waals surface area contributed by atoms with Crippen LogP contribution in [0.5, 0.6) is 0 Å². The number of hydrogen-bond donors (Lipinski definition) is 0. The summed E-state index contributed by atoms with van der Waals surface area (Å²) in [6.45, 7) is 14.2. The molecule has 0 radical (unpaired) electrons. The summed E-state index contributed by atoms with van der Waals surface area (Å²) < 4.78 is 22.7. The Balaban J connectivity index is 1.92. The van der Waals surface area contributed by atoms with Gasteiger partial charge in [-0.25, -0.2) is 4.79 Å². The van der Waals surface area contributed by atoms with E-state index in [1.807, 2.05) is 90.8 Å². The van der Waals surface area contributed by atoms with Crippen molar-refractivity contribution in [3.05, 3.63) is 47.9 Å². The number of rotatable bonds is 9. The van der Waals surface area contributed by atoms with Crippen molar-refractivity contribution < 1.29 is 28.4 Å². The monoisotopic (exact) mass is 459 g/mol. The van der Waals surface area contributed by atoms with Crippen molar-refractivity contribution in [1.82, 2.24) is 4.90 Å². The highest BCUT2D eigenvalue weighted by Crippen LogP contribution is 2.36. The first kappa shape index (κ1) is 26.9. The molecule has 1 saturated heterocycles. The highest BCUT2D eigenvalue weighted by Gasteiger charge is 2.49. The van der Waals surface area contributed by atoms with Crippen LogP contribution in [0.2, 0.25) is 0 Å². The first-order valence-corrected chi connectivity index (χ1v) is 11.5. The maximum atomic E-state index is 12.7. The van der Waals surface area contributed by atoms with Gasteiger partial charge >= 0.3 is 19.2 Å². The molecule has 7 nitrogen and oxygen atoms in total. The smallest absolute Gasteiger partial charge is 0.460 e. The minimum atomic E-state index is -0.568. The average Bonchev–Trinajstić information content (AvgIpc) is 2.91. The second-order valence-corrected chi connectivity index (χ2v) is 10.2. The molecule has 0 spiro atoms. The van der Waals surface area contributed by atoms with Gasteiger partial charge in [-0.15, -0.1) is 0 Å². The Hall–Kier alpha value is -2.32. The highest BCUT2D eigenvalue weighted by molar-refractivity contribution is 6.51. The number of ether oxygens (including phenoxy) is 2. The average molecular weight is 459 g/mol. The molecular formula is C25H38BNO6. The molecule has 1 aromatic rings. The van der Waals surface area contributed by atoms with Gasteiger partial charge in [-0.3, -0.25) is 4.79 Å². The summed E-state index contributed by atoms with van der Waals surface area (Å²) in [5, 5.41) is 0. The fraction of sp³-hybridized carbons (Fsp3) is 0.600. The quantitative estimate of drug-likeness (QED) is 0.385. The molecule has 1 aromatic carbocycles. The maximum Gasteiger partial charge on any atom is 0.486 e. The van der Waals surface area contributed by atoms with Crippen LogP contribution in [0.15, 0.2) is 42.4 Å². The van der Waals surface area contributed by atoms with Gasteiger partial charge in [-0.1, -0.05) is 42.4 Å². The predicted octanol–water partition coefficient (Wildman–Crippen LogP) is 4.93. The molecule has 0 unspecified atom stereocenters. The lowest BCUT2D eigenvalue weighted by Crippen LogP contribution is -2.41. The van der Waals surface area contributed by atoms with E-state index < -0.39 is 30.0 Å². The molecule has 1 aliphatic heterocycles. The van der Waals surface area contributed by atoms with Crippen LogP contribution < -0.4 is 0 Å². The van der Waals surface area contributed by atoms with E-state index in [0.717, 1.165) is 5.56 Å². The van der Waals surface area contributed by atoms with Crippen molar-refractivity contribution in [3.8, 4) is 0 Å². The van der Waals surface area contributed by atoms with Crippen molar-refractivity contribution in [2.24, 2.45) is 0 Å². The zero-order chi connectivity index (χ0) is 24.7. The van der Waals surface area contributed by atoms with Gasteiger partial charge in [0.15, 0.2) is 0 Å². The third-order valence-electron chi connectivity index (χ3n) is 5.60. The van der Waals surface area contributed by atoms with E-state index in [1.165, 1.54) is 4.90 Å². The normalized spacial score (nSPS) is 17.2. The molecular weight excluding hydrogens is 421 g/mol. The Bertz CT molecular complexity index is 800. The van der Waals surface area contributed by atoms with Crippen LogP contribution in [0.3, 0.4) is 0 Å². The predicted molar refractivity (Wildman–Crippen MR) is 129 cm³/mol. The van der Waals surface area contributed by atoms with Gasteiger partial charge in [0.1, 0.15) is 12.2 Å². The number of hydrogen-bond acceptors (Lipinski definition) is 6. The third-order valence-corrected chi connectivity index (χ3v) is 5.60. The first-order chi connectivity index (χ1) is 15.3. The largest absolute Gasteiger partial charge is 0.486 e. The molecule has 8 heteroatoms. The lowest BCUT2D eigenvalue weighted by Gasteiger charge is -2.32. The molecule has 0 aliphatic carbocycles. The summed E-state index contributed by atoms with van der Waals surface area (Å²) in [7, 11) is -0.435. The van der Waals surface area contributed by atoms with Crippen LogP contribution in [0, 0.1) is 0 Å². The Labute approximate surface area is 198 Å². The van der Waals surface area contributed by atoms with Crippen LogP contribution in [-0.2, 0) is 30.2 Å². The number of amides is 1. The van der Waals surface area contributed by atoms with Crippen LogP contribution in [0.25, 0.3) is 0 Å². The molecule has 0 bridgehead atoms. The summed E-state index contributed by atoms with van der Waals surface area (Å²) in [5.74, 6) is 1.51. The second kappa shape index (κ2) is 11.2. The number of carbonyl (C=O) groups excluding carboxylic acids is 2. The molecule has 0 N–H and O–H groups in total. The van der Waals surface area contributed by atoms with E-state index >= 15 is 0 Å². The Morgan fingerprint density at radius 1 is 1.03 bits per heavy atom. The fourth-order valence-electron chi connectivity index (χ4n) is 3.13. The van der Waals surface area contributed by atoms with E-state index in [4.69, 9.17) is 18.8 Å². The molecule has 33 heavy (non-hydrogen) atoms. The van der Waals surface area contributed by atoms with Crippen molar-refractivity contribution in [2.75, 3.05) is 13.1 Å². The van der Waals surface area contributed by atoms with Gasteiger partial charge in [0.05, 0.1) is 17.6 Å². The lowest BCUT2D eigenvalue weighted by atomic mass is 9.90. The standard InChI is InChI=1S/C25H38BNO6/c1-23(2,3)31-21(28)15-18-27(22(29)30-19-20-13-9-8-10-14-20)17-12-11-16-26-32-24(4,5)25(6,7)33-26/h8-11,13-14,16H,12,15,17-19H2,1-7H3/b16-11+. The molecule has 0 saturated carbocycles. The number of nitrogens with zero attached hydrogens (tertiary/aromatic N) is 1. The van der Waals surface area contributed by atoms with Gasteiger partial charge < -0.3 is 23.7 Å². The zero-order valence-corrected chi connectivity index (χ0v) is 21.1. The summed E-state index contributed by atoms with van der Waals surface area (Å²) >= 11 is 0. The topological polar surface area (TPSA) is 74.3 Å². The van der Waals surface area contributed by atoms with Crippen molar-refractivity contribution in [3.63, 3.8) is 0 Å². The van der Waals surface area contributed by atoms with Crippen LogP contribution in [0.1, 0.15) is 66.9 Å². The molecule has 0 aromatic heterocycles. The third kappa shape index (κ3) is 8.86. The van der Waals surface area contributed by atoms with Gasteiger partial charge in [-0.05, 0) is 60.5 Å². The zero-order valence-electron chi connectivity index (χ0n) is 21.1. The fourth-order valence-corrected chi connectivity index (χ4v) is 3.13. The summed E-state index contributed by atoms with van der Waals surface area (Å²) in [4.78, 5) is 26.4. The van der Waals surface area contributed by atoms with Crippen molar-refractivity contribution in [1.29, 1.82) is 0 Å². The summed E-state index contributed by atoms with van der Waals surface area (Å²) in [6, 6.07) is 9.48. The Morgan fingerprint density at radius 3 is 2.21 bits per heavy atom. The van der Waals surface area contributed by atoms with Crippen molar-refractivity contribution >= 4 is 19.2 Å².